The van der Waals surface area contributed by atoms with Gasteiger partial charge in [0.1, 0.15) is 0 Å². The molecule has 6 heteroatoms. The Balaban J connectivity index is 2.41. The Morgan fingerprint density at radius 2 is 1.04 bits per heavy atom. The van der Waals surface area contributed by atoms with Gasteiger partial charge in [-0.1, -0.05) is 42.5 Å². The van der Waals surface area contributed by atoms with E-state index in [1.807, 2.05) is 0 Å². The lowest BCUT2D eigenvalue weighted by atomic mass is 10.3. The highest BCUT2D eigenvalue weighted by atomic mass is 31.2. The molecule has 0 unspecified atom stereocenters. The molecule has 0 aromatic heterocycles. The van der Waals surface area contributed by atoms with E-state index in [9.17, 15) is 25.0 Å². The number of aromatic hydroxyl groups is 4. The molecule has 0 heterocycles. The van der Waals surface area contributed by atoms with Crippen LogP contribution in [0.2, 0.25) is 0 Å². The van der Waals surface area contributed by atoms with Crippen molar-refractivity contribution in [2.75, 3.05) is 0 Å². The third-order valence-electron chi connectivity index (χ3n) is 3.79. The van der Waals surface area contributed by atoms with Gasteiger partial charge in [-0.3, -0.25) is 0 Å². The van der Waals surface area contributed by atoms with Crippen LogP contribution < -0.4 is 15.9 Å². The number of hydrogen-bond donors (Lipinski definition) is 4. The van der Waals surface area contributed by atoms with Crippen LogP contribution in [0.4, 0.5) is 0 Å². The molecule has 0 amide bonds. The Bertz CT molecular complexity index is 882. The van der Waals surface area contributed by atoms with Crippen LogP contribution in [0.25, 0.3) is 0 Å². The van der Waals surface area contributed by atoms with Gasteiger partial charge in [-0.25, -0.2) is 0 Å². The lowest BCUT2D eigenvalue weighted by Crippen LogP contribution is -2.25. The maximum atomic E-state index is 14.0. The van der Waals surface area contributed by atoms with Gasteiger partial charge in [0.05, 0.1) is 10.6 Å². The molecule has 0 bridgehead atoms. The summed E-state index contributed by atoms with van der Waals surface area (Å²) in [5.74, 6) is -1.87. The van der Waals surface area contributed by atoms with Gasteiger partial charge < -0.3 is 25.0 Å². The molecule has 0 aliphatic carbocycles. The fourth-order valence-corrected chi connectivity index (χ4v) is 5.42. The van der Waals surface area contributed by atoms with Gasteiger partial charge in [-0.15, -0.1) is 0 Å². The average Bonchev–Trinajstić information content (AvgIpc) is 2.60. The summed E-state index contributed by atoms with van der Waals surface area (Å²) in [6.07, 6.45) is 0. The van der Waals surface area contributed by atoms with Crippen LogP contribution in [0.5, 0.6) is 23.0 Å². The SMILES string of the molecule is O=P(c1ccccc1)(c1cccc(O)c1O)c1cccc(O)c1O. The second-order valence-electron chi connectivity index (χ2n) is 5.23. The lowest BCUT2D eigenvalue weighted by Gasteiger charge is -2.22. The molecule has 0 spiro atoms. The molecule has 0 atom stereocenters. The zero-order valence-electron chi connectivity index (χ0n) is 12.5. The third-order valence-corrected chi connectivity index (χ3v) is 6.89. The smallest absolute Gasteiger partial charge is 0.178 e. The van der Waals surface area contributed by atoms with Crippen molar-refractivity contribution >= 4 is 23.1 Å². The molecule has 0 saturated carbocycles. The first-order valence-corrected chi connectivity index (χ1v) is 8.85. The number of para-hydroxylation sites is 2. The fourth-order valence-electron chi connectivity index (χ4n) is 2.59. The van der Waals surface area contributed by atoms with Crippen molar-refractivity contribution in [3.05, 3.63) is 66.7 Å². The number of rotatable bonds is 3. The summed E-state index contributed by atoms with van der Waals surface area (Å²) in [5, 5.41) is 40.4. The van der Waals surface area contributed by atoms with Gasteiger partial charge in [0.15, 0.2) is 30.1 Å². The maximum absolute atomic E-state index is 14.0. The third kappa shape index (κ3) is 2.39. The monoisotopic (exact) mass is 342 g/mol. The van der Waals surface area contributed by atoms with E-state index in [0.29, 0.717) is 5.30 Å². The second kappa shape index (κ2) is 5.95. The van der Waals surface area contributed by atoms with E-state index >= 15 is 0 Å². The molecule has 0 aliphatic rings. The second-order valence-corrected chi connectivity index (χ2v) is 7.93. The lowest BCUT2D eigenvalue weighted by molar-refractivity contribution is 0.405. The highest BCUT2D eigenvalue weighted by Gasteiger charge is 2.36. The van der Waals surface area contributed by atoms with E-state index in [1.165, 1.54) is 36.4 Å². The van der Waals surface area contributed by atoms with Crippen LogP contribution >= 0.6 is 7.14 Å². The molecule has 4 N–H and O–H groups in total. The maximum Gasteiger partial charge on any atom is 0.178 e. The van der Waals surface area contributed by atoms with Gasteiger partial charge >= 0.3 is 0 Å². The Morgan fingerprint density at radius 1 is 0.583 bits per heavy atom. The molecule has 0 radical (unpaired) electrons. The summed E-state index contributed by atoms with van der Waals surface area (Å²) in [6, 6.07) is 16.6. The highest BCUT2D eigenvalue weighted by molar-refractivity contribution is 7.85. The molecular formula is C18H15O5P. The van der Waals surface area contributed by atoms with E-state index in [4.69, 9.17) is 0 Å². The molecule has 3 aromatic rings. The molecule has 3 rings (SSSR count). The number of phenols is 4. The highest BCUT2D eigenvalue weighted by Crippen LogP contribution is 2.49. The minimum absolute atomic E-state index is 0.0189. The zero-order chi connectivity index (χ0) is 17.3. The summed E-state index contributed by atoms with van der Waals surface area (Å²) >= 11 is 0. The minimum Gasteiger partial charge on any atom is -0.504 e. The van der Waals surface area contributed by atoms with E-state index in [0.717, 1.165) is 0 Å². The summed E-state index contributed by atoms with van der Waals surface area (Å²) in [6.45, 7) is 0. The quantitative estimate of drug-likeness (QED) is 0.432. The molecule has 0 fully saturated rings. The van der Waals surface area contributed by atoms with Gasteiger partial charge in [0.2, 0.25) is 0 Å². The first-order valence-electron chi connectivity index (χ1n) is 7.15. The van der Waals surface area contributed by atoms with E-state index in [2.05, 4.69) is 0 Å². The Labute approximate surface area is 138 Å². The molecule has 0 aliphatic heterocycles. The van der Waals surface area contributed by atoms with Crippen LogP contribution in [0, 0.1) is 0 Å². The first-order chi connectivity index (χ1) is 11.5. The van der Waals surface area contributed by atoms with Crippen LogP contribution in [0.3, 0.4) is 0 Å². The Kier molecular flexibility index (Phi) is 3.96. The topological polar surface area (TPSA) is 98.0 Å². The van der Waals surface area contributed by atoms with Crippen molar-refractivity contribution in [3.8, 4) is 23.0 Å². The van der Waals surface area contributed by atoms with E-state index in [-0.39, 0.29) is 10.6 Å². The summed E-state index contributed by atoms with van der Waals surface area (Å²) in [4.78, 5) is 0. The van der Waals surface area contributed by atoms with Gasteiger partial charge in [0, 0.05) is 5.30 Å². The van der Waals surface area contributed by atoms with Crippen molar-refractivity contribution in [1.82, 2.24) is 0 Å². The van der Waals surface area contributed by atoms with Crippen LogP contribution in [-0.4, -0.2) is 20.4 Å². The minimum atomic E-state index is -3.73. The van der Waals surface area contributed by atoms with Crippen molar-refractivity contribution in [2.24, 2.45) is 0 Å². The summed E-state index contributed by atoms with van der Waals surface area (Å²) in [7, 11) is -3.73. The van der Waals surface area contributed by atoms with Crippen LogP contribution in [0.1, 0.15) is 0 Å². The number of hydrogen-bond acceptors (Lipinski definition) is 5. The standard InChI is InChI=1S/C18H15O5P/c19-13-8-4-10-15(17(13)21)24(23,12-6-2-1-3-7-12)16-11-5-9-14(20)18(16)22/h1-11,19-22H. The molecular weight excluding hydrogens is 327 g/mol. The Morgan fingerprint density at radius 3 is 1.50 bits per heavy atom. The molecule has 122 valence electrons. The molecule has 24 heavy (non-hydrogen) atoms. The normalized spacial score (nSPS) is 11.3. The van der Waals surface area contributed by atoms with Gasteiger partial charge in [-0.2, -0.15) is 0 Å². The molecule has 5 nitrogen and oxygen atoms in total. The summed E-state index contributed by atoms with van der Waals surface area (Å²) < 4.78 is 14.0. The number of benzene rings is 3. The van der Waals surface area contributed by atoms with Crippen molar-refractivity contribution in [2.45, 2.75) is 0 Å². The van der Waals surface area contributed by atoms with Gasteiger partial charge in [0.25, 0.3) is 0 Å². The van der Waals surface area contributed by atoms with Crippen molar-refractivity contribution in [1.29, 1.82) is 0 Å². The zero-order valence-corrected chi connectivity index (χ0v) is 13.4. The van der Waals surface area contributed by atoms with Crippen molar-refractivity contribution in [3.63, 3.8) is 0 Å². The molecule has 0 saturated heterocycles. The fraction of sp³-hybridized carbons (Fsp3) is 0. The molecule has 3 aromatic carbocycles. The Hall–Kier alpha value is -2.91. The van der Waals surface area contributed by atoms with E-state index in [1.54, 1.807) is 30.3 Å². The number of phenolic OH excluding ortho intramolecular Hbond substituents is 4. The van der Waals surface area contributed by atoms with Gasteiger partial charge in [-0.05, 0) is 24.3 Å². The predicted molar refractivity (Wildman–Crippen MR) is 92.5 cm³/mol. The summed E-state index contributed by atoms with van der Waals surface area (Å²) in [5.41, 5.74) is 0. The average molecular weight is 342 g/mol. The van der Waals surface area contributed by atoms with E-state index < -0.39 is 30.1 Å². The van der Waals surface area contributed by atoms with Crippen molar-refractivity contribution < 1.29 is 25.0 Å². The largest absolute Gasteiger partial charge is 0.504 e. The van der Waals surface area contributed by atoms with Crippen LogP contribution in [-0.2, 0) is 4.57 Å². The first kappa shape index (κ1) is 16.0. The van der Waals surface area contributed by atoms with Crippen LogP contribution in [0.15, 0.2) is 66.7 Å². The predicted octanol–water partition coefficient (Wildman–Crippen LogP) is 2.15.